The number of benzene rings is 1. The lowest BCUT2D eigenvalue weighted by Gasteiger charge is -2.19. The van der Waals surface area contributed by atoms with Crippen LogP contribution in [0.4, 0.5) is 5.69 Å². The predicted octanol–water partition coefficient (Wildman–Crippen LogP) is 2.68. The van der Waals surface area contributed by atoms with Gasteiger partial charge in [0.05, 0.1) is 19.2 Å². The number of halogens is 1. The Labute approximate surface area is 146 Å². The summed E-state index contributed by atoms with van der Waals surface area (Å²) in [5, 5.41) is 3.82. The van der Waals surface area contributed by atoms with Crippen molar-refractivity contribution in [1.82, 2.24) is 10.3 Å². The smallest absolute Gasteiger partial charge is 0.226 e. The predicted molar refractivity (Wildman–Crippen MR) is 94.7 cm³/mol. The quantitative estimate of drug-likeness (QED) is 0.905. The molecule has 1 saturated heterocycles. The Balaban J connectivity index is 1.53. The van der Waals surface area contributed by atoms with Gasteiger partial charge in [0, 0.05) is 35.9 Å². The van der Waals surface area contributed by atoms with Gasteiger partial charge in [0.1, 0.15) is 0 Å². The highest BCUT2D eigenvalue weighted by molar-refractivity contribution is 6.30. The number of nitrogens with zero attached hydrogens (tertiary/aromatic N) is 2. The average Bonchev–Trinajstić information content (AvgIpc) is 3.04. The van der Waals surface area contributed by atoms with Gasteiger partial charge in [0.25, 0.3) is 0 Å². The molecule has 1 fully saturated rings. The zero-order chi connectivity index (χ0) is 16.9. The van der Waals surface area contributed by atoms with Crippen LogP contribution in [0.5, 0.6) is 5.88 Å². The summed E-state index contributed by atoms with van der Waals surface area (Å²) in [4.78, 5) is 18.8. The van der Waals surface area contributed by atoms with E-state index in [2.05, 4.69) is 15.2 Å². The van der Waals surface area contributed by atoms with Crippen molar-refractivity contribution in [2.24, 2.45) is 0 Å². The summed E-state index contributed by atoms with van der Waals surface area (Å²) in [5.74, 6) is 0.508. The number of hydrogen-bond donors (Lipinski definition) is 1. The van der Waals surface area contributed by atoms with E-state index in [1.807, 2.05) is 36.4 Å². The number of pyridine rings is 1. The minimum Gasteiger partial charge on any atom is -0.481 e. The van der Waals surface area contributed by atoms with E-state index in [1.165, 1.54) is 0 Å². The van der Waals surface area contributed by atoms with Crippen molar-refractivity contribution >= 4 is 23.2 Å². The second-order valence-corrected chi connectivity index (χ2v) is 6.26. The lowest BCUT2D eigenvalue weighted by molar-refractivity contribution is -0.121. The first-order valence-corrected chi connectivity index (χ1v) is 8.31. The minimum atomic E-state index is -0.0151. The van der Waals surface area contributed by atoms with E-state index in [0.717, 1.165) is 30.2 Å². The molecule has 126 valence electrons. The van der Waals surface area contributed by atoms with E-state index in [1.54, 1.807) is 13.2 Å². The molecule has 0 spiro atoms. The largest absolute Gasteiger partial charge is 0.481 e. The molecule has 1 aliphatic heterocycles. The normalized spacial score (nSPS) is 16.9. The third-order valence-corrected chi connectivity index (χ3v) is 4.33. The summed E-state index contributed by atoms with van der Waals surface area (Å²) in [6, 6.07) is 13.4. The van der Waals surface area contributed by atoms with Crippen molar-refractivity contribution in [3.63, 3.8) is 0 Å². The average molecular weight is 346 g/mol. The number of carbonyl (C=O) groups is 1. The van der Waals surface area contributed by atoms with Crippen LogP contribution in [0, 0.1) is 0 Å². The molecule has 0 saturated carbocycles. The van der Waals surface area contributed by atoms with Crippen LogP contribution in [-0.4, -0.2) is 37.1 Å². The summed E-state index contributed by atoms with van der Waals surface area (Å²) in [6.45, 7) is 1.73. The fourth-order valence-electron chi connectivity index (χ4n) is 2.88. The van der Waals surface area contributed by atoms with Crippen LogP contribution < -0.4 is 15.0 Å². The van der Waals surface area contributed by atoms with Gasteiger partial charge in [-0.3, -0.25) is 4.79 Å². The molecule has 1 aromatic carbocycles. The van der Waals surface area contributed by atoms with E-state index in [4.69, 9.17) is 16.3 Å². The summed E-state index contributed by atoms with van der Waals surface area (Å²) in [7, 11) is 1.57. The van der Waals surface area contributed by atoms with Gasteiger partial charge in [-0.05, 0) is 36.8 Å². The lowest BCUT2D eigenvalue weighted by atomic mass is 10.2. The number of nitrogens with one attached hydrogen (secondary N) is 1. The fraction of sp³-hybridized carbons (Fsp3) is 0.333. The zero-order valence-corrected chi connectivity index (χ0v) is 14.3. The van der Waals surface area contributed by atoms with Gasteiger partial charge in [0.15, 0.2) is 0 Å². The highest BCUT2D eigenvalue weighted by Crippen LogP contribution is 2.22. The third kappa shape index (κ3) is 4.17. The molecule has 1 aromatic heterocycles. The van der Waals surface area contributed by atoms with Crippen LogP contribution in [0.25, 0.3) is 0 Å². The number of rotatable bonds is 5. The molecule has 0 bridgehead atoms. The molecule has 5 nitrogen and oxygen atoms in total. The standard InChI is InChI=1S/C18H20ClN3O2/c1-24-18-4-2-3-14(21-18)11-17(23)20-15-9-10-22(12-15)16-7-5-13(19)6-8-16/h2-8,15H,9-12H2,1H3,(H,20,23). The van der Waals surface area contributed by atoms with Crippen molar-refractivity contribution < 1.29 is 9.53 Å². The van der Waals surface area contributed by atoms with E-state index >= 15 is 0 Å². The Bertz CT molecular complexity index is 706. The van der Waals surface area contributed by atoms with Crippen LogP contribution >= 0.6 is 11.6 Å². The van der Waals surface area contributed by atoms with Crippen molar-refractivity contribution in [2.45, 2.75) is 18.9 Å². The van der Waals surface area contributed by atoms with Crippen molar-refractivity contribution in [2.75, 3.05) is 25.1 Å². The first-order chi connectivity index (χ1) is 11.6. The minimum absolute atomic E-state index is 0.0151. The van der Waals surface area contributed by atoms with Gasteiger partial charge >= 0.3 is 0 Å². The van der Waals surface area contributed by atoms with Crippen LogP contribution in [0.1, 0.15) is 12.1 Å². The molecule has 1 amide bonds. The number of amides is 1. The van der Waals surface area contributed by atoms with Gasteiger partial charge in [-0.15, -0.1) is 0 Å². The molecule has 2 heterocycles. The SMILES string of the molecule is COc1cccc(CC(=O)NC2CCN(c3ccc(Cl)cc3)C2)n1. The molecule has 0 radical (unpaired) electrons. The van der Waals surface area contributed by atoms with Gasteiger partial charge in [0.2, 0.25) is 11.8 Å². The summed E-state index contributed by atoms with van der Waals surface area (Å²) < 4.78 is 5.08. The molecule has 3 rings (SSSR count). The van der Waals surface area contributed by atoms with Crippen molar-refractivity contribution in [3.8, 4) is 5.88 Å². The first kappa shape index (κ1) is 16.6. The van der Waals surface area contributed by atoms with Crippen LogP contribution in [-0.2, 0) is 11.2 Å². The fourth-order valence-corrected chi connectivity index (χ4v) is 3.00. The second kappa shape index (κ2) is 7.53. The highest BCUT2D eigenvalue weighted by atomic mass is 35.5. The Morgan fingerprint density at radius 3 is 2.88 bits per heavy atom. The van der Waals surface area contributed by atoms with Gasteiger partial charge in [-0.2, -0.15) is 0 Å². The monoisotopic (exact) mass is 345 g/mol. The van der Waals surface area contributed by atoms with E-state index in [9.17, 15) is 4.79 Å². The Morgan fingerprint density at radius 1 is 1.33 bits per heavy atom. The van der Waals surface area contributed by atoms with E-state index in [0.29, 0.717) is 11.6 Å². The molecule has 1 N–H and O–H groups in total. The van der Waals surface area contributed by atoms with Gasteiger partial charge in [-0.1, -0.05) is 17.7 Å². The molecule has 1 atom stereocenters. The van der Waals surface area contributed by atoms with E-state index < -0.39 is 0 Å². The summed E-state index contributed by atoms with van der Waals surface area (Å²) in [6.07, 6.45) is 1.19. The third-order valence-electron chi connectivity index (χ3n) is 4.08. The maximum Gasteiger partial charge on any atom is 0.226 e. The molecule has 6 heteroatoms. The maximum absolute atomic E-state index is 12.2. The first-order valence-electron chi connectivity index (χ1n) is 7.94. The van der Waals surface area contributed by atoms with Crippen LogP contribution in [0.2, 0.25) is 5.02 Å². The molecule has 24 heavy (non-hydrogen) atoms. The number of aromatic nitrogens is 1. The van der Waals surface area contributed by atoms with Gasteiger partial charge < -0.3 is 15.0 Å². The van der Waals surface area contributed by atoms with Crippen molar-refractivity contribution in [3.05, 3.63) is 53.2 Å². The summed E-state index contributed by atoms with van der Waals surface area (Å²) in [5.41, 5.74) is 1.84. The maximum atomic E-state index is 12.2. The van der Waals surface area contributed by atoms with E-state index in [-0.39, 0.29) is 18.4 Å². The van der Waals surface area contributed by atoms with Crippen molar-refractivity contribution in [1.29, 1.82) is 0 Å². The second-order valence-electron chi connectivity index (χ2n) is 5.82. The molecule has 2 aromatic rings. The van der Waals surface area contributed by atoms with Crippen LogP contribution in [0.3, 0.4) is 0 Å². The van der Waals surface area contributed by atoms with Gasteiger partial charge in [-0.25, -0.2) is 4.98 Å². The lowest BCUT2D eigenvalue weighted by Crippen LogP contribution is -2.38. The molecular weight excluding hydrogens is 326 g/mol. The molecular formula is C18H20ClN3O2. The number of hydrogen-bond acceptors (Lipinski definition) is 4. The highest BCUT2D eigenvalue weighted by Gasteiger charge is 2.24. The molecule has 1 aliphatic rings. The Hall–Kier alpha value is -2.27. The number of ether oxygens (including phenoxy) is 1. The summed E-state index contributed by atoms with van der Waals surface area (Å²) >= 11 is 5.92. The number of carbonyl (C=O) groups excluding carboxylic acids is 1. The zero-order valence-electron chi connectivity index (χ0n) is 13.5. The number of methoxy groups -OCH3 is 1. The topological polar surface area (TPSA) is 54.5 Å². The van der Waals surface area contributed by atoms with Crippen LogP contribution in [0.15, 0.2) is 42.5 Å². The Morgan fingerprint density at radius 2 is 2.12 bits per heavy atom. The number of anilines is 1. The Kier molecular flexibility index (Phi) is 5.20. The molecule has 0 aliphatic carbocycles. The molecule has 1 unspecified atom stereocenters.